The first kappa shape index (κ1) is 13.6. The number of carbonyl (C=O) groups is 1. The van der Waals surface area contributed by atoms with E-state index in [1.807, 2.05) is 11.0 Å². The van der Waals surface area contributed by atoms with Crippen LogP contribution in [-0.4, -0.2) is 40.4 Å². The Kier molecular flexibility index (Phi) is 3.85. The lowest BCUT2D eigenvalue weighted by atomic mass is 10.2. The van der Waals surface area contributed by atoms with Crippen molar-refractivity contribution in [3.8, 4) is 0 Å². The van der Waals surface area contributed by atoms with Crippen molar-refractivity contribution in [3.63, 3.8) is 0 Å². The van der Waals surface area contributed by atoms with Crippen LogP contribution >= 0.6 is 0 Å². The van der Waals surface area contributed by atoms with Crippen molar-refractivity contribution in [3.05, 3.63) is 34.6 Å². The molecule has 1 amide bonds. The molecule has 1 aliphatic heterocycles. The SMILES string of the molecule is O=C(CCNc1nc2ccccc2c(=O)[nH]1)N1CCCC1. The molecule has 2 heterocycles. The zero-order chi connectivity index (χ0) is 14.7. The van der Waals surface area contributed by atoms with Gasteiger partial charge in [0, 0.05) is 26.1 Å². The maximum absolute atomic E-state index is 11.9. The summed E-state index contributed by atoms with van der Waals surface area (Å²) in [6, 6.07) is 7.18. The van der Waals surface area contributed by atoms with E-state index in [0.29, 0.717) is 29.8 Å². The molecule has 1 aromatic carbocycles. The first-order chi connectivity index (χ1) is 10.2. The summed E-state index contributed by atoms with van der Waals surface area (Å²) >= 11 is 0. The van der Waals surface area contributed by atoms with Crippen LogP contribution in [-0.2, 0) is 4.79 Å². The fourth-order valence-electron chi connectivity index (χ4n) is 2.58. The molecule has 110 valence electrons. The van der Waals surface area contributed by atoms with Crippen molar-refractivity contribution in [1.29, 1.82) is 0 Å². The van der Waals surface area contributed by atoms with Crippen molar-refractivity contribution < 1.29 is 4.79 Å². The molecule has 1 aliphatic rings. The molecule has 0 radical (unpaired) electrons. The van der Waals surface area contributed by atoms with Crippen LogP contribution in [0.5, 0.6) is 0 Å². The molecule has 2 aromatic rings. The van der Waals surface area contributed by atoms with Crippen LogP contribution in [0.3, 0.4) is 0 Å². The van der Waals surface area contributed by atoms with E-state index < -0.39 is 0 Å². The fraction of sp³-hybridized carbons (Fsp3) is 0.400. The normalized spacial score (nSPS) is 14.6. The molecule has 21 heavy (non-hydrogen) atoms. The zero-order valence-electron chi connectivity index (χ0n) is 11.8. The topological polar surface area (TPSA) is 78.1 Å². The van der Waals surface area contributed by atoms with Crippen molar-refractivity contribution in [2.75, 3.05) is 25.0 Å². The largest absolute Gasteiger partial charge is 0.355 e. The number of aromatic nitrogens is 2. The Labute approximate surface area is 122 Å². The summed E-state index contributed by atoms with van der Waals surface area (Å²) in [6.45, 7) is 2.20. The van der Waals surface area contributed by atoms with Crippen LogP contribution in [0, 0.1) is 0 Å². The van der Waals surface area contributed by atoms with Gasteiger partial charge in [-0.25, -0.2) is 4.98 Å². The third-order valence-electron chi connectivity index (χ3n) is 3.70. The van der Waals surface area contributed by atoms with Gasteiger partial charge in [-0.3, -0.25) is 14.6 Å². The molecule has 1 fully saturated rings. The number of benzene rings is 1. The molecule has 0 saturated carbocycles. The zero-order valence-corrected chi connectivity index (χ0v) is 11.8. The van der Waals surface area contributed by atoms with E-state index in [4.69, 9.17) is 0 Å². The smallest absolute Gasteiger partial charge is 0.260 e. The number of carbonyl (C=O) groups excluding carboxylic acids is 1. The van der Waals surface area contributed by atoms with Gasteiger partial charge < -0.3 is 10.2 Å². The second-order valence-electron chi connectivity index (χ2n) is 5.20. The molecular weight excluding hydrogens is 268 g/mol. The molecule has 1 saturated heterocycles. The second kappa shape index (κ2) is 5.95. The monoisotopic (exact) mass is 286 g/mol. The van der Waals surface area contributed by atoms with E-state index in [-0.39, 0.29) is 11.5 Å². The number of H-pyrrole nitrogens is 1. The Hall–Kier alpha value is -2.37. The molecule has 3 rings (SSSR count). The quantitative estimate of drug-likeness (QED) is 0.889. The van der Waals surface area contributed by atoms with Crippen LogP contribution < -0.4 is 10.9 Å². The second-order valence-corrected chi connectivity index (χ2v) is 5.20. The van der Waals surface area contributed by atoms with E-state index in [0.717, 1.165) is 25.9 Å². The lowest BCUT2D eigenvalue weighted by Crippen LogP contribution is -2.29. The van der Waals surface area contributed by atoms with E-state index >= 15 is 0 Å². The van der Waals surface area contributed by atoms with Gasteiger partial charge >= 0.3 is 0 Å². The predicted molar refractivity (Wildman–Crippen MR) is 81.3 cm³/mol. The third kappa shape index (κ3) is 3.04. The molecule has 6 heteroatoms. The Morgan fingerprint density at radius 2 is 2.05 bits per heavy atom. The number of amides is 1. The van der Waals surface area contributed by atoms with Crippen molar-refractivity contribution in [2.24, 2.45) is 0 Å². The summed E-state index contributed by atoms with van der Waals surface area (Å²) in [5.41, 5.74) is 0.476. The number of nitrogens with one attached hydrogen (secondary N) is 2. The van der Waals surface area contributed by atoms with Crippen molar-refractivity contribution in [1.82, 2.24) is 14.9 Å². The highest BCUT2D eigenvalue weighted by Crippen LogP contribution is 2.10. The van der Waals surface area contributed by atoms with Crippen LogP contribution in [0.15, 0.2) is 29.1 Å². The number of rotatable bonds is 4. The number of hydrogen-bond acceptors (Lipinski definition) is 4. The highest BCUT2D eigenvalue weighted by molar-refractivity contribution is 5.78. The van der Waals surface area contributed by atoms with E-state index in [1.165, 1.54) is 0 Å². The lowest BCUT2D eigenvalue weighted by Gasteiger charge is -2.15. The Morgan fingerprint density at radius 1 is 1.29 bits per heavy atom. The average molecular weight is 286 g/mol. The number of para-hydroxylation sites is 1. The molecular formula is C15H18N4O2. The van der Waals surface area contributed by atoms with E-state index in [9.17, 15) is 9.59 Å². The average Bonchev–Trinajstić information content (AvgIpc) is 3.01. The number of anilines is 1. The number of likely N-dealkylation sites (tertiary alicyclic amines) is 1. The maximum atomic E-state index is 11.9. The molecule has 0 aliphatic carbocycles. The van der Waals surface area contributed by atoms with Gasteiger partial charge in [0.25, 0.3) is 5.56 Å². The molecule has 1 aromatic heterocycles. The van der Waals surface area contributed by atoms with Gasteiger partial charge in [-0.05, 0) is 25.0 Å². The van der Waals surface area contributed by atoms with Gasteiger partial charge in [-0.1, -0.05) is 12.1 Å². The molecule has 0 spiro atoms. The lowest BCUT2D eigenvalue weighted by molar-refractivity contribution is -0.129. The van der Waals surface area contributed by atoms with Gasteiger partial charge in [0.05, 0.1) is 10.9 Å². The number of aromatic amines is 1. The Balaban J connectivity index is 1.63. The van der Waals surface area contributed by atoms with Gasteiger partial charge in [0.1, 0.15) is 0 Å². The first-order valence-corrected chi connectivity index (χ1v) is 7.25. The maximum Gasteiger partial charge on any atom is 0.260 e. The minimum atomic E-state index is -0.172. The van der Waals surface area contributed by atoms with Gasteiger partial charge in [0.15, 0.2) is 0 Å². The standard InChI is InChI=1S/C15H18N4O2/c20-13(19-9-3-4-10-19)7-8-16-15-17-12-6-2-1-5-11(12)14(21)18-15/h1-2,5-6H,3-4,7-10H2,(H2,16,17,18,21). The molecule has 2 N–H and O–H groups in total. The highest BCUT2D eigenvalue weighted by atomic mass is 16.2. The highest BCUT2D eigenvalue weighted by Gasteiger charge is 2.17. The molecule has 0 atom stereocenters. The number of nitrogens with zero attached hydrogens (tertiary/aromatic N) is 2. The third-order valence-corrected chi connectivity index (χ3v) is 3.70. The van der Waals surface area contributed by atoms with Gasteiger partial charge in [-0.15, -0.1) is 0 Å². The molecule has 0 unspecified atom stereocenters. The summed E-state index contributed by atoms with van der Waals surface area (Å²) in [6.07, 6.45) is 2.61. The fourth-order valence-corrected chi connectivity index (χ4v) is 2.58. The summed E-state index contributed by atoms with van der Waals surface area (Å²) in [4.78, 5) is 32.7. The predicted octanol–water partition coefficient (Wildman–Crippen LogP) is 1.35. The van der Waals surface area contributed by atoms with Crippen LogP contribution in [0.4, 0.5) is 5.95 Å². The van der Waals surface area contributed by atoms with Crippen LogP contribution in [0.1, 0.15) is 19.3 Å². The minimum Gasteiger partial charge on any atom is -0.355 e. The summed E-state index contributed by atoms with van der Waals surface area (Å²) in [5, 5.41) is 3.58. The van der Waals surface area contributed by atoms with Crippen molar-refractivity contribution in [2.45, 2.75) is 19.3 Å². The van der Waals surface area contributed by atoms with Gasteiger partial charge in [-0.2, -0.15) is 0 Å². The van der Waals surface area contributed by atoms with E-state index in [1.54, 1.807) is 18.2 Å². The summed E-state index contributed by atoms with van der Waals surface area (Å²) in [7, 11) is 0. The first-order valence-electron chi connectivity index (χ1n) is 7.25. The molecule has 6 nitrogen and oxygen atoms in total. The number of hydrogen-bond donors (Lipinski definition) is 2. The Morgan fingerprint density at radius 3 is 2.86 bits per heavy atom. The summed E-state index contributed by atoms with van der Waals surface area (Å²) < 4.78 is 0. The van der Waals surface area contributed by atoms with E-state index in [2.05, 4.69) is 15.3 Å². The van der Waals surface area contributed by atoms with Gasteiger partial charge in [0.2, 0.25) is 11.9 Å². The summed E-state index contributed by atoms with van der Waals surface area (Å²) in [5.74, 6) is 0.566. The van der Waals surface area contributed by atoms with Crippen LogP contribution in [0.2, 0.25) is 0 Å². The van der Waals surface area contributed by atoms with Crippen LogP contribution in [0.25, 0.3) is 10.9 Å². The molecule has 0 bridgehead atoms. The van der Waals surface area contributed by atoms with Crippen molar-refractivity contribution >= 4 is 22.8 Å². The number of fused-ring (bicyclic) bond motifs is 1. The Bertz CT molecular complexity index is 704. The minimum absolute atomic E-state index is 0.156.